The van der Waals surface area contributed by atoms with Gasteiger partial charge in [-0.1, -0.05) is 0 Å². The molecule has 1 saturated heterocycles. The van der Waals surface area contributed by atoms with Gasteiger partial charge in [0.2, 0.25) is 17.7 Å². The maximum atomic E-state index is 12.2. The first-order valence-electron chi connectivity index (χ1n) is 6.62. The highest BCUT2D eigenvalue weighted by molar-refractivity contribution is 5.97. The minimum atomic E-state index is -0.324. The van der Waals surface area contributed by atoms with E-state index in [1.807, 2.05) is 13.8 Å². The van der Waals surface area contributed by atoms with Crippen LogP contribution < -0.4 is 10.1 Å². The highest BCUT2D eigenvalue weighted by Crippen LogP contribution is 2.24. The van der Waals surface area contributed by atoms with Gasteiger partial charge in [0.25, 0.3) is 0 Å². The second kappa shape index (κ2) is 5.90. The van der Waals surface area contributed by atoms with Gasteiger partial charge in [-0.2, -0.15) is 0 Å². The van der Waals surface area contributed by atoms with Gasteiger partial charge in [0.05, 0.1) is 13.0 Å². The molecule has 0 unspecified atom stereocenters. The largest absolute Gasteiger partial charge is 0.480 e. The Morgan fingerprint density at radius 1 is 1.55 bits per heavy atom. The minimum absolute atomic E-state index is 0.0262. The molecule has 1 aliphatic heterocycles. The molecule has 1 aromatic rings. The summed E-state index contributed by atoms with van der Waals surface area (Å²) in [5, 5.41) is 2.78. The van der Waals surface area contributed by atoms with Gasteiger partial charge >= 0.3 is 0 Å². The van der Waals surface area contributed by atoms with Gasteiger partial charge in [-0.25, -0.2) is 4.98 Å². The highest BCUT2D eigenvalue weighted by atomic mass is 16.5. The van der Waals surface area contributed by atoms with E-state index in [0.29, 0.717) is 18.1 Å². The van der Waals surface area contributed by atoms with E-state index in [4.69, 9.17) is 4.74 Å². The highest BCUT2D eigenvalue weighted by Gasteiger charge is 2.35. The fourth-order valence-corrected chi connectivity index (χ4v) is 2.29. The predicted molar refractivity (Wildman–Crippen MR) is 74.4 cm³/mol. The normalized spacial score (nSPS) is 18.5. The molecule has 6 heteroatoms. The van der Waals surface area contributed by atoms with Crippen molar-refractivity contribution in [3.8, 4) is 5.88 Å². The van der Waals surface area contributed by atoms with Gasteiger partial charge in [0, 0.05) is 25.2 Å². The number of anilines is 1. The van der Waals surface area contributed by atoms with Crippen LogP contribution in [0.4, 0.5) is 5.69 Å². The van der Waals surface area contributed by atoms with Crippen molar-refractivity contribution in [3.05, 3.63) is 18.3 Å². The summed E-state index contributed by atoms with van der Waals surface area (Å²) in [6, 6.07) is 3.56. The van der Waals surface area contributed by atoms with Crippen LogP contribution in [0, 0.1) is 5.92 Å². The Labute approximate surface area is 118 Å². The predicted octanol–water partition coefficient (Wildman–Crippen LogP) is 1.29. The molecule has 108 valence electrons. The molecular formula is C14H19N3O3. The van der Waals surface area contributed by atoms with Crippen molar-refractivity contribution in [1.82, 2.24) is 9.88 Å². The first kappa shape index (κ1) is 14.3. The molecule has 2 amide bonds. The van der Waals surface area contributed by atoms with E-state index < -0.39 is 0 Å². The molecule has 2 heterocycles. The molecule has 6 nitrogen and oxygen atoms in total. The fraction of sp³-hybridized carbons (Fsp3) is 0.500. The summed E-state index contributed by atoms with van der Waals surface area (Å²) < 4.78 is 5.09. The summed E-state index contributed by atoms with van der Waals surface area (Å²) in [7, 11) is 1.50. The third kappa shape index (κ3) is 2.89. The SMILES string of the molecule is COc1ncccc1NC(=O)[C@H]1CC(=O)N(C(C)C)C1. The lowest BCUT2D eigenvalue weighted by Gasteiger charge is -2.20. The molecule has 0 aromatic carbocycles. The minimum Gasteiger partial charge on any atom is -0.480 e. The Hall–Kier alpha value is -2.11. The van der Waals surface area contributed by atoms with E-state index in [1.54, 1.807) is 23.2 Å². The number of hydrogen-bond acceptors (Lipinski definition) is 4. The number of carbonyl (C=O) groups excluding carboxylic acids is 2. The van der Waals surface area contributed by atoms with Crippen molar-refractivity contribution < 1.29 is 14.3 Å². The Balaban J connectivity index is 2.04. The summed E-state index contributed by atoms with van der Waals surface area (Å²) >= 11 is 0. The molecule has 1 fully saturated rings. The van der Waals surface area contributed by atoms with Crippen molar-refractivity contribution in [3.63, 3.8) is 0 Å². The van der Waals surface area contributed by atoms with Crippen molar-refractivity contribution in [2.24, 2.45) is 5.92 Å². The van der Waals surface area contributed by atoms with Crippen LogP contribution in [-0.2, 0) is 9.59 Å². The maximum absolute atomic E-state index is 12.2. The monoisotopic (exact) mass is 277 g/mol. The van der Waals surface area contributed by atoms with Crippen LogP contribution in [-0.4, -0.2) is 41.4 Å². The first-order chi connectivity index (χ1) is 9.52. The van der Waals surface area contributed by atoms with E-state index in [0.717, 1.165) is 0 Å². The maximum Gasteiger partial charge on any atom is 0.237 e. The Morgan fingerprint density at radius 3 is 2.90 bits per heavy atom. The van der Waals surface area contributed by atoms with Gasteiger partial charge < -0.3 is 15.0 Å². The second-order valence-electron chi connectivity index (χ2n) is 5.09. The zero-order chi connectivity index (χ0) is 14.7. The zero-order valence-electron chi connectivity index (χ0n) is 11.9. The smallest absolute Gasteiger partial charge is 0.237 e. The van der Waals surface area contributed by atoms with E-state index in [1.165, 1.54) is 7.11 Å². The molecule has 0 radical (unpaired) electrons. The Morgan fingerprint density at radius 2 is 2.30 bits per heavy atom. The van der Waals surface area contributed by atoms with E-state index in [9.17, 15) is 9.59 Å². The van der Waals surface area contributed by atoms with Gasteiger partial charge in [-0.05, 0) is 26.0 Å². The number of nitrogens with one attached hydrogen (secondary N) is 1. The summed E-state index contributed by atoms with van der Waals surface area (Å²) in [5.41, 5.74) is 0.524. The number of methoxy groups -OCH3 is 1. The number of rotatable bonds is 4. The van der Waals surface area contributed by atoms with Crippen LogP contribution >= 0.6 is 0 Å². The standard InChI is InChI=1S/C14H19N3O3/c1-9(2)17-8-10(7-12(17)18)13(19)16-11-5-4-6-15-14(11)20-3/h4-6,9-10H,7-8H2,1-3H3,(H,16,19)/t10-/m0/s1. The van der Waals surface area contributed by atoms with Gasteiger partial charge in [0.1, 0.15) is 5.69 Å². The molecule has 20 heavy (non-hydrogen) atoms. The molecule has 1 aliphatic rings. The van der Waals surface area contributed by atoms with Crippen molar-refractivity contribution in [2.45, 2.75) is 26.3 Å². The number of pyridine rings is 1. The fourth-order valence-electron chi connectivity index (χ4n) is 2.29. The van der Waals surface area contributed by atoms with Crippen LogP contribution in [0.2, 0.25) is 0 Å². The average Bonchev–Trinajstić information content (AvgIpc) is 2.81. The number of carbonyl (C=O) groups is 2. The molecule has 1 N–H and O–H groups in total. The van der Waals surface area contributed by atoms with Gasteiger partial charge in [-0.3, -0.25) is 9.59 Å². The average molecular weight is 277 g/mol. The van der Waals surface area contributed by atoms with Crippen LogP contribution in [0.3, 0.4) is 0 Å². The van der Waals surface area contributed by atoms with Crippen LogP contribution in [0.25, 0.3) is 0 Å². The number of ether oxygens (including phenoxy) is 1. The quantitative estimate of drug-likeness (QED) is 0.900. The van der Waals surface area contributed by atoms with Crippen LogP contribution in [0.1, 0.15) is 20.3 Å². The lowest BCUT2D eigenvalue weighted by atomic mass is 10.1. The molecular weight excluding hydrogens is 258 g/mol. The molecule has 0 aliphatic carbocycles. The van der Waals surface area contributed by atoms with Gasteiger partial charge in [-0.15, -0.1) is 0 Å². The first-order valence-corrected chi connectivity index (χ1v) is 6.62. The second-order valence-corrected chi connectivity index (χ2v) is 5.09. The topological polar surface area (TPSA) is 71.5 Å². The van der Waals surface area contributed by atoms with Crippen LogP contribution in [0.15, 0.2) is 18.3 Å². The molecule has 2 rings (SSSR count). The number of nitrogens with zero attached hydrogens (tertiary/aromatic N) is 2. The van der Waals surface area contributed by atoms with Crippen molar-refractivity contribution >= 4 is 17.5 Å². The summed E-state index contributed by atoms with van der Waals surface area (Å²) in [6.45, 7) is 4.36. The lowest BCUT2D eigenvalue weighted by Crippen LogP contribution is -2.33. The lowest BCUT2D eigenvalue weighted by molar-refractivity contribution is -0.129. The summed E-state index contributed by atoms with van der Waals surface area (Å²) in [6.07, 6.45) is 1.85. The summed E-state index contributed by atoms with van der Waals surface area (Å²) in [4.78, 5) is 29.8. The molecule has 0 spiro atoms. The third-order valence-electron chi connectivity index (χ3n) is 3.37. The number of hydrogen-bond donors (Lipinski definition) is 1. The number of amides is 2. The van der Waals surface area contributed by atoms with E-state index >= 15 is 0 Å². The van der Waals surface area contributed by atoms with Crippen molar-refractivity contribution in [2.75, 3.05) is 19.0 Å². The third-order valence-corrected chi connectivity index (χ3v) is 3.37. The zero-order valence-corrected chi connectivity index (χ0v) is 11.9. The number of likely N-dealkylation sites (tertiary alicyclic amines) is 1. The van der Waals surface area contributed by atoms with Crippen molar-refractivity contribution in [1.29, 1.82) is 0 Å². The molecule has 0 saturated carbocycles. The Bertz CT molecular complexity index is 516. The molecule has 1 atom stereocenters. The Kier molecular flexibility index (Phi) is 4.22. The number of aromatic nitrogens is 1. The summed E-state index contributed by atoms with van der Waals surface area (Å²) in [5.74, 6) is -0.105. The van der Waals surface area contributed by atoms with E-state index in [-0.39, 0.29) is 30.2 Å². The van der Waals surface area contributed by atoms with Gasteiger partial charge in [0.15, 0.2) is 0 Å². The molecule has 1 aromatic heterocycles. The van der Waals surface area contributed by atoms with E-state index in [2.05, 4.69) is 10.3 Å². The molecule has 0 bridgehead atoms. The van der Waals surface area contributed by atoms with Crippen LogP contribution in [0.5, 0.6) is 5.88 Å².